The number of hydrogen-bond donors (Lipinski definition) is 0. The third-order valence-corrected chi connectivity index (χ3v) is 6.24. The normalized spacial score (nSPS) is 20.8. The second-order valence-electron chi connectivity index (χ2n) is 7.62. The van der Waals surface area contributed by atoms with Crippen molar-refractivity contribution in [2.45, 2.75) is 19.6 Å². The van der Waals surface area contributed by atoms with E-state index in [9.17, 15) is 9.59 Å². The second-order valence-corrected chi connectivity index (χ2v) is 8.57. The van der Waals surface area contributed by atoms with Crippen molar-refractivity contribution in [3.8, 4) is 0 Å². The van der Waals surface area contributed by atoms with Gasteiger partial charge in [-0.2, -0.15) is 5.10 Å². The van der Waals surface area contributed by atoms with Crippen LogP contribution in [0.15, 0.2) is 29.9 Å². The molecule has 0 bridgehead atoms. The molecule has 2 aromatic heterocycles. The van der Waals surface area contributed by atoms with Crippen molar-refractivity contribution in [3.05, 3.63) is 40.3 Å². The molecule has 8 nitrogen and oxygen atoms in total. The van der Waals surface area contributed by atoms with E-state index in [0.717, 1.165) is 23.5 Å². The van der Waals surface area contributed by atoms with Crippen LogP contribution in [-0.2, 0) is 16.1 Å². The lowest BCUT2D eigenvalue weighted by atomic mass is 10.2. The van der Waals surface area contributed by atoms with Crippen LogP contribution in [-0.4, -0.2) is 94.8 Å². The highest BCUT2D eigenvalue weighted by molar-refractivity contribution is 7.12. The van der Waals surface area contributed by atoms with Crippen LogP contribution in [0.25, 0.3) is 0 Å². The molecule has 1 atom stereocenters. The zero-order valence-corrected chi connectivity index (χ0v) is 17.5. The summed E-state index contributed by atoms with van der Waals surface area (Å²) in [5.74, 6) is 0.195. The van der Waals surface area contributed by atoms with E-state index in [2.05, 4.69) is 10.00 Å². The van der Waals surface area contributed by atoms with Crippen molar-refractivity contribution in [1.82, 2.24) is 24.5 Å². The molecule has 2 saturated heterocycles. The monoisotopic (exact) mass is 417 g/mol. The summed E-state index contributed by atoms with van der Waals surface area (Å²) < 4.78 is 7.75. The van der Waals surface area contributed by atoms with Gasteiger partial charge < -0.3 is 14.5 Å². The third-order valence-electron chi connectivity index (χ3n) is 5.39. The molecule has 0 radical (unpaired) electrons. The minimum absolute atomic E-state index is 0.0381. The molecule has 29 heavy (non-hydrogen) atoms. The van der Waals surface area contributed by atoms with Gasteiger partial charge in [0.25, 0.3) is 5.91 Å². The van der Waals surface area contributed by atoms with Crippen LogP contribution < -0.4 is 0 Å². The Bertz CT molecular complexity index is 829. The molecule has 1 unspecified atom stereocenters. The highest BCUT2D eigenvalue weighted by atomic mass is 32.1. The summed E-state index contributed by atoms with van der Waals surface area (Å²) in [6.45, 7) is 7.59. The molecule has 0 aliphatic carbocycles. The van der Waals surface area contributed by atoms with Crippen LogP contribution in [0.3, 0.4) is 0 Å². The van der Waals surface area contributed by atoms with Gasteiger partial charge in [0, 0.05) is 45.5 Å². The lowest BCUT2D eigenvalue weighted by Crippen LogP contribution is -2.54. The molecule has 2 fully saturated rings. The van der Waals surface area contributed by atoms with E-state index in [1.54, 1.807) is 0 Å². The Morgan fingerprint density at radius 3 is 2.69 bits per heavy atom. The molecule has 156 valence electrons. The van der Waals surface area contributed by atoms with Gasteiger partial charge in [0.2, 0.25) is 5.91 Å². The minimum Gasteiger partial charge on any atom is -0.374 e. The molecule has 0 saturated carbocycles. The molecule has 0 aromatic carbocycles. The molecule has 0 spiro atoms. The number of rotatable bonds is 5. The van der Waals surface area contributed by atoms with Crippen molar-refractivity contribution < 1.29 is 14.3 Å². The zero-order chi connectivity index (χ0) is 20.2. The summed E-state index contributed by atoms with van der Waals surface area (Å²) in [5, 5.41) is 6.23. The topological polar surface area (TPSA) is 70.9 Å². The van der Waals surface area contributed by atoms with Crippen molar-refractivity contribution in [2.75, 3.05) is 52.4 Å². The summed E-state index contributed by atoms with van der Waals surface area (Å²) in [7, 11) is 0. The number of piperazine rings is 1. The zero-order valence-electron chi connectivity index (χ0n) is 16.7. The van der Waals surface area contributed by atoms with E-state index in [4.69, 9.17) is 4.74 Å². The maximum atomic E-state index is 12.8. The fourth-order valence-electron chi connectivity index (χ4n) is 3.82. The fourth-order valence-corrected chi connectivity index (χ4v) is 4.51. The van der Waals surface area contributed by atoms with Gasteiger partial charge in [-0.25, -0.2) is 0 Å². The first kappa shape index (κ1) is 20.1. The van der Waals surface area contributed by atoms with Crippen molar-refractivity contribution in [2.24, 2.45) is 0 Å². The fraction of sp³-hybridized carbons (Fsp3) is 0.550. The predicted octanol–water partition coefficient (Wildman–Crippen LogP) is 0.938. The Balaban J connectivity index is 1.23. The highest BCUT2D eigenvalue weighted by Crippen LogP contribution is 2.14. The van der Waals surface area contributed by atoms with Gasteiger partial charge in [-0.1, -0.05) is 6.07 Å². The van der Waals surface area contributed by atoms with E-state index in [1.165, 1.54) is 11.3 Å². The molecule has 2 aliphatic heterocycles. The Labute approximate surface area is 174 Å². The molecule has 4 heterocycles. The predicted molar refractivity (Wildman–Crippen MR) is 110 cm³/mol. The maximum absolute atomic E-state index is 12.8. The van der Waals surface area contributed by atoms with Crippen molar-refractivity contribution >= 4 is 23.2 Å². The largest absolute Gasteiger partial charge is 0.374 e. The number of amides is 2. The van der Waals surface area contributed by atoms with E-state index in [0.29, 0.717) is 45.9 Å². The molecule has 0 N–H and O–H groups in total. The van der Waals surface area contributed by atoms with Gasteiger partial charge in [-0.05, 0) is 23.9 Å². The van der Waals surface area contributed by atoms with E-state index in [1.807, 2.05) is 51.3 Å². The van der Waals surface area contributed by atoms with E-state index in [-0.39, 0.29) is 17.9 Å². The lowest BCUT2D eigenvalue weighted by molar-refractivity contribution is -0.136. The van der Waals surface area contributed by atoms with Crippen LogP contribution in [0.2, 0.25) is 0 Å². The number of morpholine rings is 1. The summed E-state index contributed by atoms with van der Waals surface area (Å²) >= 11 is 1.46. The first-order valence-electron chi connectivity index (χ1n) is 10.0. The second kappa shape index (κ2) is 9.06. The van der Waals surface area contributed by atoms with E-state index >= 15 is 0 Å². The van der Waals surface area contributed by atoms with Crippen LogP contribution in [0.5, 0.6) is 0 Å². The number of nitrogens with zero attached hydrogens (tertiary/aromatic N) is 5. The Hall–Kier alpha value is -2.23. The van der Waals surface area contributed by atoms with Gasteiger partial charge in [-0.15, -0.1) is 11.3 Å². The molecular weight excluding hydrogens is 390 g/mol. The number of carbonyl (C=O) groups excluding carboxylic acids is 2. The van der Waals surface area contributed by atoms with Gasteiger partial charge in [0.05, 0.1) is 36.9 Å². The average Bonchev–Trinajstić information content (AvgIpc) is 3.40. The number of aryl methyl sites for hydroxylation is 1. The first-order valence-corrected chi connectivity index (χ1v) is 10.9. The van der Waals surface area contributed by atoms with Crippen molar-refractivity contribution in [3.63, 3.8) is 0 Å². The number of thiophene rings is 1. The van der Waals surface area contributed by atoms with Gasteiger partial charge in [-0.3, -0.25) is 19.2 Å². The van der Waals surface area contributed by atoms with Crippen LogP contribution in [0.1, 0.15) is 15.2 Å². The molecule has 2 aromatic rings. The third kappa shape index (κ3) is 5.04. The van der Waals surface area contributed by atoms with Crippen molar-refractivity contribution in [1.29, 1.82) is 0 Å². The van der Waals surface area contributed by atoms with Gasteiger partial charge >= 0.3 is 0 Å². The quantitative estimate of drug-likeness (QED) is 0.724. The first-order chi connectivity index (χ1) is 14.1. The lowest BCUT2D eigenvalue weighted by Gasteiger charge is -2.37. The number of aromatic nitrogens is 2. The van der Waals surface area contributed by atoms with E-state index < -0.39 is 0 Å². The summed E-state index contributed by atoms with van der Waals surface area (Å²) in [6.07, 6.45) is 3.88. The number of ether oxygens (including phenoxy) is 1. The molecule has 9 heteroatoms. The maximum Gasteiger partial charge on any atom is 0.264 e. The molecular formula is C20H27N5O3S. The summed E-state index contributed by atoms with van der Waals surface area (Å²) in [5.41, 5.74) is 1.13. The Kier molecular flexibility index (Phi) is 6.27. The molecule has 2 aliphatic rings. The smallest absolute Gasteiger partial charge is 0.264 e. The van der Waals surface area contributed by atoms with Crippen LogP contribution in [0.4, 0.5) is 0 Å². The molecule has 4 rings (SSSR count). The minimum atomic E-state index is 0.0381. The van der Waals surface area contributed by atoms with Crippen LogP contribution >= 0.6 is 11.3 Å². The van der Waals surface area contributed by atoms with Gasteiger partial charge in [0.15, 0.2) is 0 Å². The summed E-state index contributed by atoms with van der Waals surface area (Å²) in [6, 6.07) is 3.74. The average molecular weight is 418 g/mol. The SMILES string of the molecule is Cc1cnn(CC2CN(CC(=O)N3CCN(C(=O)c4cccs4)CC3)CCO2)c1. The standard InChI is InChI=1S/C20H27N5O3S/c1-16-11-21-25(12-16)14-17-13-22(8-9-28-17)15-19(26)23-4-6-24(7-5-23)20(27)18-3-2-10-29-18/h2-3,10-12,17H,4-9,13-15H2,1H3. The van der Waals surface area contributed by atoms with Crippen LogP contribution in [0, 0.1) is 6.92 Å². The molecule has 2 amide bonds. The Morgan fingerprint density at radius 1 is 1.21 bits per heavy atom. The number of carbonyl (C=O) groups is 2. The Morgan fingerprint density at radius 2 is 2.00 bits per heavy atom. The van der Waals surface area contributed by atoms with Gasteiger partial charge in [0.1, 0.15) is 0 Å². The summed E-state index contributed by atoms with van der Waals surface area (Å²) in [4.78, 5) is 31.8. The number of hydrogen-bond acceptors (Lipinski definition) is 6. The highest BCUT2D eigenvalue weighted by Gasteiger charge is 2.28.